The number of benzene rings is 3. The van der Waals surface area contributed by atoms with Crippen LogP contribution in [0.3, 0.4) is 0 Å². The Hall–Kier alpha value is -3.57. The first kappa shape index (κ1) is 20.7. The second kappa shape index (κ2) is 9.06. The van der Waals surface area contributed by atoms with Gasteiger partial charge in [-0.15, -0.1) is 0 Å². The number of rotatable bonds is 6. The number of oxime groups is 1. The number of ether oxygens (including phenoxy) is 2. The van der Waals surface area contributed by atoms with Gasteiger partial charge >= 0.3 is 5.97 Å². The molecule has 0 fully saturated rings. The molecule has 156 valence electrons. The van der Waals surface area contributed by atoms with E-state index in [1.54, 1.807) is 25.3 Å². The Morgan fingerprint density at radius 3 is 2.52 bits per heavy atom. The van der Waals surface area contributed by atoms with Crippen LogP contribution in [0.15, 0.2) is 77.5 Å². The number of hydrogen-bond acceptors (Lipinski definition) is 5. The van der Waals surface area contributed by atoms with Crippen LogP contribution in [0.4, 0.5) is 0 Å². The van der Waals surface area contributed by atoms with Crippen molar-refractivity contribution in [1.82, 2.24) is 0 Å². The van der Waals surface area contributed by atoms with Crippen molar-refractivity contribution in [1.29, 1.82) is 0 Å². The van der Waals surface area contributed by atoms with E-state index in [2.05, 4.69) is 5.16 Å². The average molecular weight is 434 g/mol. The molecule has 0 unspecified atom stereocenters. The fraction of sp³-hybridized carbons (Fsp3) is 0.120. The Morgan fingerprint density at radius 2 is 1.81 bits per heavy atom. The Bertz CT molecular complexity index is 1170. The van der Waals surface area contributed by atoms with E-state index < -0.39 is 5.97 Å². The summed E-state index contributed by atoms with van der Waals surface area (Å²) < 4.78 is 11.4. The van der Waals surface area contributed by atoms with Crippen molar-refractivity contribution in [3.05, 3.63) is 99.6 Å². The molecule has 5 nitrogen and oxygen atoms in total. The number of aryl methyl sites for hydroxylation is 1. The molecular weight excluding hydrogens is 414 g/mol. The van der Waals surface area contributed by atoms with Crippen molar-refractivity contribution < 1.29 is 19.1 Å². The van der Waals surface area contributed by atoms with Crippen LogP contribution in [0.25, 0.3) is 6.08 Å². The van der Waals surface area contributed by atoms with Gasteiger partial charge in [-0.3, -0.25) is 0 Å². The summed E-state index contributed by atoms with van der Waals surface area (Å²) in [6.07, 6.45) is 1.68. The monoisotopic (exact) mass is 433 g/mol. The van der Waals surface area contributed by atoms with Gasteiger partial charge in [0.1, 0.15) is 12.3 Å². The third-order valence-corrected chi connectivity index (χ3v) is 5.09. The molecule has 4 rings (SSSR count). The van der Waals surface area contributed by atoms with E-state index in [1.807, 2.05) is 61.5 Å². The maximum absolute atomic E-state index is 12.3. The summed E-state index contributed by atoms with van der Waals surface area (Å²) in [5, 5.41) is 4.30. The van der Waals surface area contributed by atoms with Crippen LogP contribution in [0.2, 0.25) is 5.02 Å². The SMILES string of the molecule is COc1cc(/C=C2\C(=O)ON=C2c2ccccc2)cc(Cl)c1OCc1ccc(C)cc1. The number of carbonyl (C=O) groups excluding carboxylic acids is 1. The molecule has 0 aliphatic carbocycles. The van der Waals surface area contributed by atoms with Gasteiger partial charge < -0.3 is 14.3 Å². The Kier molecular flexibility index (Phi) is 6.05. The third-order valence-electron chi connectivity index (χ3n) is 4.81. The molecule has 0 N–H and O–H groups in total. The predicted molar refractivity (Wildman–Crippen MR) is 121 cm³/mol. The highest BCUT2D eigenvalue weighted by molar-refractivity contribution is 6.33. The topological polar surface area (TPSA) is 57.1 Å². The maximum atomic E-state index is 12.3. The Morgan fingerprint density at radius 1 is 1.06 bits per heavy atom. The number of methoxy groups -OCH3 is 1. The summed E-state index contributed by atoms with van der Waals surface area (Å²) in [6, 6.07) is 20.9. The zero-order valence-electron chi connectivity index (χ0n) is 17.1. The first-order chi connectivity index (χ1) is 15.0. The lowest BCUT2D eigenvalue weighted by molar-refractivity contribution is -0.136. The van der Waals surface area contributed by atoms with Gasteiger partial charge in [0.2, 0.25) is 0 Å². The maximum Gasteiger partial charge on any atom is 0.368 e. The van der Waals surface area contributed by atoms with Crippen molar-refractivity contribution in [3.8, 4) is 11.5 Å². The van der Waals surface area contributed by atoms with Crippen molar-refractivity contribution in [2.24, 2.45) is 5.16 Å². The van der Waals surface area contributed by atoms with E-state index in [0.717, 1.165) is 11.1 Å². The number of hydrogen-bond donors (Lipinski definition) is 0. The van der Waals surface area contributed by atoms with Gasteiger partial charge in [0.25, 0.3) is 0 Å². The van der Waals surface area contributed by atoms with Crippen molar-refractivity contribution in [2.45, 2.75) is 13.5 Å². The minimum absolute atomic E-state index is 0.345. The van der Waals surface area contributed by atoms with E-state index in [4.69, 9.17) is 25.9 Å². The van der Waals surface area contributed by atoms with Gasteiger partial charge in [-0.1, -0.05) is 76.9 Å². The van der Waals surface area contributed by atoms with Gasteiger partial charge in [0.05, 0.1) is 17.7 Å². The van der Waals surface area contributed by atoms with Crippen molar-refractivity contribution in [2.75, 3.05) is 7.11 Å². The number of nitrogens with zero attached hydrogens (tertiary/aromatic N) is 1. The van der Waals surface area contributed by atoms with Crippen molar-refractivity contribution >= 4 is 29.4 Å². The molecule has 0 bridgehead atoms. The molecule has 3 aromatic rings. The molecule has 3 aromatic carbocycles. The lowest BCUT2D eigenvalue weighted by Gasteiger charge is -2.14. The smallest absolute Gasteiger partial charge is 0.368 e. The molecule has 1 aliphatic heterocycles. The second-order valence-electron chi connectivity index (χ2n) is 7.05. The molecule has 0 amide bonds. The van der Waals surface area contributed by atoms with Crippen LogP contribution in [-0.4, -0.2) is 18.8 Å². The Labute approximate surface area is 185 Å². The summed E-state index contributed by atoms with van der Waals surface area (Å²) in [6.45, 7) is 2.39. The molecular formula is C25H20ClNO4. The first-order valence-corrected chi connectivity index (χ1v) is 10.1. The first-order valence-electron chi connectivity index (χ1n) is 9.68. The summed E-state index contributed by atoms with van der Waals surface area (Å²) in [5.74, 6) is 0.391. The minimum Gasteiger partial charge on any atom is -0.493 e. The molecule has 6 heteroatoms. The number of halogens is 1. The Balaban J connectivity index is 1.62. The van der Waals surface area contributed by atoms with Gasteiger partial charge in [-0.2, -0.15) is 0 Å². The molecule has 1 heterocycles. The van der Waals surface area contributed by atoms with Crippen LogP contribution in [0.5, 0.6) is 11.5 Å². The summed E-state index contributed by atoms with van der Waals surface area (Å²) in [4.78, 5) is 17.2. The van der Waals surface area contributed by atoms with Crippen LogP contribution in [-0.2, 0) is 16.2 Å². The molecule has 0 aromatic heterocycles. The van der Waals surface area contributed by atoms with Gasteiger partial charge in [-0.25, -0.2) is 4.79 Å². The lowest BCUT2D eigenvalue weighted by atomic mass is 10.0. The predicted octanol–water partition coefficient (Wildman–Crippen LogP) is 5.58. The van der Waals surface area contributed by atoms with Crippen LogP contribution in [0.1, 0.15) is 22.3 Å². The number of carbonyl (C=O) groups is 1. The molecule has 0 atom stereocenters. The minimum atomic E-state index is -0.520. The summed E-state index contributed by atoms with van der Waals surface area (Å²) in [7, 11) is 1.54. The fourth-order valence-corrected chi connectivity index (χ4v) is 3.46. The van der Waals surface area contributed by atoms with E-state index >= 15 is 0 Å². The van der Waals surface area contributed by atoms with E-state index in [9.17, 15) is 4.79 Å². The largest absolute Gasteiger partial charge is 0.493 e. The second-order valence-corrected chi connectivity index (χ2v) is 7.46. The highest BCUT2D eigenvalue weighted by Crippen LogP contribution is 2.38. The van der Waals surface area contributed by atoms with Gasteiger partial charge in [0.15, 0.2) is 11.5 Å². The molecule has 31 heavy (non-hydrogen) atoms. The molecule has 0 saturated carbocycles. The zero-order valence-corrected chi connectivity index (χ0v) is 17.8. The third kappa shape index (κ3) is 4.62. The quantitative estimate of drug-likeness (QED) is 0.376. The fourth-order valence-electron chi connectivity index (χ4n) is 3.18. The van der Waals surface area contributed by atoms with Crippen LogP contribution in [0, 0.1) is 6.92 Å². The lowest BCUT2D eigenvalue weighted by Crippen LogP contribution is -2.06. The van der Waals surface area contributed by atoms with Gasteiger partial charge in [0, 0.05) is 5.56 Å². The highest BCUT2D eigenvalue weighted by Gasteiger charge is 2.27. The van der Waals surface area contributed by atoms with E-state index in [-0.39, 0.29) is 0 Å². The van der Waals surface area contributed by atoms with E-state index in [1.165, 1.54) is 5.56 Å². The summed E-state index contributed by atoms with van der Waals surface area (Å²) in [5.41, 5.74) is 4.48. The average Bonchev–Trinajstić information content (AvgIpc) is 3.14. The van der Waals surface area contributed by atoms with Crippen molar-refractivity contribution in [3.63, 3.8) is 0 Å². The van der Waals surface area contributed by atoms with Crippen LogP contribution < -0.4 is 9.47 Å². The molecule has 0 saturated heterocycles. The van der Waals surface area contributed by atoms with Crippen LogP contribution >= 0.6 is 11.6 Å². The zero-order chi connectivity index (χ0) is 21.8. The van der Waals surface area contributed by atoms with E-state index in [0.29, 0.717) is 40.0 Å². The summed E-state index contributed by atoms with van der Waals surface area (Å²) >= 11 is 6.50. The normalized spacial score (nSPS) is 14.4. The standard InChI is InChI=1S/C25H20ClNO4/c1-16-8-10-17(11-9-16)15-30-24-21(26)13-18(14-22(24)29-2)12-20-23(27-31-25(20)28)19-6-4-3-5-7-19/h3-14H,15H2,1-2H3/b20-12-. The highest BCUT2D eigenvalue weighted by atomic mass is 35.5. The molecule has 0 radical (unpaired) electrons. The molecule has 0 spiro atoms. The van der Waals surface area contributed by atoms with Gasteiger partial charge in [-0.05, 0) is 36.3 Å². The molecule has 1 aliphatic rings.